The third-order valence-electron chi connectivity index (χ3n) is 7.16. The van der Waals surface area contributed by atoms with E-state index >= 15 is 0 Å². The highest BCUT2D eigenvalue weighted by atomic mass is 15.1. The first kappa shape index (κ1) is 22.2. The highest BCUT2D eigenvalue weighted by molar-refractivity contribution is 6.09. The van der Waals surface area contributed by atoms with Crippen molar-refractivity contribution in [1.82, 2.24) is 19.7 Å². The first-order chi connectivity index (χ1) is 18.8. The second kappa shape index (κ2) is 9.12. The van der Waals surface area contributed by atoms with Gasteiger partial charge in [-0.1, -0.05) is 66.7 Å². The van der Waals surface area contributed by atoms with Gasteiger partial charge in [0, 0.05) is 29.2 Å². The monoisotopic (exact) mass is 491 g/mol. The minimum atomic E-state index is 0.823. The molecule has 0 radical (unpaired) electrons. The molecule has 7 rings (SSSR count). The van der Waals surface area contributed by atoms with E-state index in [1.165, 1.54) is 32.9 Å². The quantitative estimate of drug-likeness (QED) is 0.229. The largest absolute Gasteiger partial charge is 0.342 e. The Morgan fingerprint density at radius 3 is 2.11 bits per heavy atom. The molecule has 0 aliphatic heterocycles. The Morgan fingerprint density at radius 1 is 0.658 bits per heavy atom. The molecular weight excluding hydrogens is 466 g/mol. The smallest absolute Gasteiger partial charge is 0.145 e. The zero-order valence-corrected chi connectivity index (χ0v) is 21.0. The summed E-state index contributed by atoms with van der Waals surface area (Å²) in [5.74, 6) is 0.875. The number of imidazole rings is 1. The number of nitrogens with zero attached hydrogens (tertiary/aromatic N) is 5. The molecule has 182 valence electrons. The fourth-order valence-corrected chi connectivity index (χ4v) is 5.36. The van der Waals surface area contributed by atoms with Crippen LogP contribution >= 0.6 is 0 Å². The van der Waals surface area contributed by atoms with E-state index in [0.717, 1.165) is 34.7 Å². The van der Waals surface area contributed by atoms with Gasteiger partial charge in [-0.3, -0.25) is 4.57 Å². The molecule has 0 spiro atoms. The molecule has 0 amide bonds. The predicted octanol–water partition coefficient (Wildman–Crippen LogP) is 7.95. The molecule has 0 fully saturated rings. The first-order valence-corrected chi connectivity index (χ1v) is 12.8. The minimum absolute atomic E-state index is 0.823. The van der Waals surface area contributed by atoms with Crippen LogP contribution in [0.1, 0.15) is 6.92 Å². The van der Waals surface area contributed by atoms with Crippen LogP contribution in [0.3, 0.4) is 0 Å². The molecule has 2 aromatic heterocycles. The van der Waals surface area contributed by atoms with E-state index in [0.29, 0.717) is 0 Å². The summed E-state index contributed by atoms with van der Waals surface area (Å²) in [4.78, 5) is 7.29. The van der Waals surface area contributed by atoms with Crippen LogP contribution in [-0.2, 0) is 0 Å². The molecule has 0 aliphatic carbocycles. The number of aromatic nitrogens is 4. The van der Waals surface area contributed by atoms with Crippen molar-refractivity contribution in [1.29, 1.82) is 0 Å². The zero-order chi connectivity index (χ0) is 25.5. The molecular formula is C33H25N5. The van der Waals surface area contributed by atoms with Gasteiger partial charge in [-0.25, -0.2) is 4.98 Å². The van der Waals surface area contributed by atoms with Crippen molar-refractivity contribution in [3.63, 3.8) is 0 Å². The molecule has 0 N–H and O–H groups in total. The predicted molar refractivity (Wildman–Crippen MR) is 156 cm³/mol. The molecule has 0 unspecified atom stereocenters. The van der Waals surface area contributed by atoms with E-state index in [-0.39, 0.29) is 0 Å². The summed E-state index contributed by atoms with van der Waals surface area (Å²) in [5.41, 5.74) is 6.25. The summed E-state index contributed by atoms with van der Waals surface area (Å²) in [7, 11) is 0. The molecule has 0 aliphatic rings. The van der Waals surface area contributed by atoms with Gasteiger partial charge in [0.1, 0.15) is 11.3 Å². The highest BCUT2D eigenvalue weighted by Gasteiger charge is 2.16. The van der Waals surface area contributed by atoms with Crippen molar-refractivity contribution in [2.75, 3.05) is 11.4 Å². The van der Waals surface area contributed by atoms with Crippen LogP contribution in [0.5, 0.6) is 0 Å². The first-order valence-electron chi connectivity index (χ1n) is 12.8. The van der Waals surface area contributed by atoms with E-state index in [9.17, 15) is 0 Å². The number of hydrogen-bond donors (Lipinski definition) is 0. The van der Waals surface area contributed by atoms with Gasteiger partial charge in [-0.05, 0) is 70.9 Å². The van der Waals surface area contributed by atoms with Gasteiger partial charge in [0.25, 0.3) is 0 Å². The van der Waals surface area contributed by atoms with Crippen molar-refractivity contribution in [3.8, 4) is 17.1 Å². The second-order valence-electron chi connectivity index (χ2n) is 9.35. The van der Waals surface area contributed by atoms with Gasteiger partial charge in [0.15, 0.2) is 0 Å². The SMILES string of the molecule is CCN(c1ccccc1)c1ccc2c(ccc3cc(-c4nc5cnncc5n4-c4ccccc4)ccc32)c1. The number of benzene rings is 5. The fraction of sp³-hybridized carbons (Fsp3) is 0.0606. The van der Waals surface area contributed by atoms with Crippen LogP contribution in [0.4, 0.5) is 11.4 Å². The van der Waals surface area contributed by atoms with Crippen LogP contribution in [0.15, 0.2) is 122 Å². The third-order valence-corrected chi connectivity index (χ3v) is 7.16. The van der Waals surface area contributed by atoms with Crippen LogP contribution in [0, 0.1) is 0 Å². The standard InChI is InChI=1S/C33H25N5/c1-2-37(26-9-5-3-6-10-26)28-16-18-30-24(20-28)14-13-23-19-25(15-17-29(23)30)33-36-31-21-34-35-22-32(31)38(33)27-11-7-4-8-12-27/h3-22H,2H2,1H3. The lowest BCUT2D eigenvalue weighted by Gasteiger charge is -2.24. The molecule has 5 nitrogen and oxygen atoms in total. The number of rotatable bonds is 5. The molecule has 5 heteroatoms. The summed E-state index contributed by atoms with van der Waals surface area (Å²) < 4.78 is 2.15. The molecule has 38 heavy (non-hydrogen) atoms. The normalized spacial score (nSPS) is 11.4. The number of fused-ring (bicyclic) bond motifs is 4. The van der Waals surface area contributed by atoms with Crippen LogP contribution in [-0.4, -0.2) is 26.3 Å². The Bertz CT molecular complexity index is 1910. The average molecular weight is 492 g/mol. The van der Waals surface area contributed by atoms with Gasteiger partial charge >= 0.3 is 0 Å². The van der Waals surface area contributed by atoms with Crippen LogP contribution in [0.25, 0.3) is 49.7 Å². The van der Waals surface area contributed by atoms with E-state index in [4.69, 9.17) is 4.98 Å². The maximum atomic E-state index is 4.95. The Balaban J connectivity index is 1.35. The molecule has 0 saturated heterocycles. The highest BCUT2D eigenvalue weighted by Crippen LogP contribution is 2.35. The maximum absolute atomic E-state index is 4.95. The molecule has 7 aromatic rings. The number of hydrogen-bond acceptors (Lipinski definition) is 4. The fourth-order valence-electron chi connectivity index (χ4n) is 5.36. The summed E-state index contributed by atoms with van der Waals surface area (Å²) >= 11 is 0. The summed E-state index contributed by atoms with van der Waals surface area (Å²) in [6, 6.07) is 38.6. The van der Waals surface area contributed by atoms with Crippen LogP contribution in [0.2, 0.25) is 0 Å². The minimum Gasteiger partial charge on any atom is -0.342 e. The van der Waals surface area contributed by atoms with Crippen molar-refractivity contribution < 1.29 is 0 Å². The molecule has 0 bridgehead atoms. The Labute approximate surface area is 220 Å². The van der Waals surface area contributed by atoms with E-state index in [1.807, 2.05) is 18.2 Å². The number of anilines is 2. The second-order valence-corrected chi connectivity index (χ2v) is 9.35. The van der Waals surface area contributed by atoms with Gasteiger partial charge in [-0.15, -0.1) is 0 Å². The molecule has 0 saturated carbocycles. The number of para-hydroxylation sites is 2. The third kappa shape index (κ3) is 3.68. The Hall–Kier alpha value is -5.03. The summed E-state index contributed by atoms with van der Waals surface area (Å²) in [5, 5.41) is 13.1. The molecule has 5 aromatic carbocycles. The summed E-state index contributed by atoms with van der Waals surface area (Å²) in [6.07, 6.45) is 3.50. The van der Waals surface area contributed by atoms with Crippen LogP contribution < -0.4 is 4.90 Å². The van der Waals surface area contributed by atoms with Crippen molar-refractivity contribution in [2.45, 2.75) is 6.92 Å². The van der Waals surface area contributed by atoms with Gasteiger partial charge in [0.05, 0.1) is 17.9 Å². The lowest BCUT2D eigenvalue weighted by atomic mass is 9.99. The molecule has 0 atom stereocenters. The Kier molecular flexibility index (Phi) is 5.33. The zero-order valence-electron chi connectivity index (χ0n) is 21.0. The van der Waals surface area contributed by atoms with Crippen molar-refractivity contribution >= 4 is 44.0 Å². The van der Waals surface area contributed by atoms with Gasteiger partial charge < -0.3 is 4.90 Å². The van der Waals surface area contributed by atoms with Gasteiger partial charge in [0.2, 0.25) is 0 Å². The average Bonchev–Trinajstić information content (AvgIpc) is 3.38. The van der Waals surface area contributed by atoms with E-state index in [1.54, 1.807) is 12.4 Å². The molecule has 2 heterocycles. The van der Waals surface area contributed by atoms with Crippen molar-refractivity contribution in [2.24, 2.45) is 0 Å². The van der Waals surface area contributed by atoms with E-state index < -0.39 is 0 Å². The van der Waals surface area contributed by atoms with Crippen molar-refractivity contribution in [3.05, 3.63) is 122 Å². The lowest BCUT2D eigenvalue weighted by Crippen LogP contribution is -2.15. The maximum Gasteiger partial charge on any atom is 0.145 e. The van der Waals surface area contributed by atoms with E-state index in [2.05, 4.69) is 118 Å². The lowest BCUT2D eigenvalue weighted by molar-refractivity contribution is 1.03. The summed E-state index contributed by atoms with van der Waals surface area (Å²) in [6.45, 7) is 3.09. The Morgan fingerprint density at radius 2 is 1.34 bits per heavy atom. The topological polar surface area (TPSA) is 46.8 Å². The van der Waals surface area contributed by atoms with Gasteiger partial charge in [-0.2, -0.15) is 10.2 Å².